The maximum absolute atomic E-state index is 13.6. The summed E-state index contributed by atoms with van der Waals surface area (Å²) in [7, 11) is 2.83. The summed E-state index contributed by atoms with van der Waals surface area (Å²) in [4.78, 5) is 67.9. The van der Waals surface area contributed by atoms with Crippen molar-refractivity contribution in [3.63, 3.8) is 0 Å². The van der Waals surface area contributed by atoms with Crippen molar-refractivity contribution in [3.05, 3.63) is 41.6 Å². The van der Waals surface area contributed by atoms with Crippen LogP contribution < -0.4 is 10.6 Å². The van der Waals surface area contributed by atoms with Crippen LogP contribution in [0.5, 0.6) is 0 Å². The molecule has 10 heteroatoms. The molecule has 0 radical (unpaired) electrons. The molecule has 1 aromatic rings. The molecule has 1 saturated heterocycles. The summed E-state index contributed by atoms with van der Waals surface area (Å²) in [6, 6.07) is 6.76. The van der Waals surface area contributed by atoms with Gasteiger partial charge in [0.05, 0.1) is 13.0 Å². The number of hydrogen-bond donors (Lipinski definition) is 2. The molecule has 0 aliphatic carbocycles. The van der Waals surface area contributed by atoms with Gasteiger partial charge in [-0.05, 0) is 44.7 Å². The van der Waals surface area contributed by atoms with Gasteiger partial charge in [-0.3, -0.25) is 24.0 Å². The van der Waals surface area contributed by atoms with Gasteiger partial charge in [-0.1, -0.05) is 44.2 Å². The van der Waals surface area contributed by atoms with Gasteiger partial charge in [-0.25, -0.2) is 0 Å². The normalized spacial score (nSPS) is 21.4. The molecule has 10 nitrogen and oxygen atoms in total. The first-order valence-corrected chi connectivity index (χ1v) is 12.3. The van der Waals surface area contributed by atoms with E-state index in [0.717, 1.165) is 4.90 Å². The first kappa shape index (κ1) is 29.5. The number of likely N-dealkylation sites (N-methyl/N-ethyl adjacent to an activating group) is 2. The second-order valence-corrected chi connectivity index (χ2v) is 10.5. The number of hydrogen-bond acceptors (Lipinski definition) is 6. The van der Waals surface area contributed by atoms with E-state index in [1.165, 1.54) is 19.0 Å². The van der Waals surface area contributed by atoms with Crippen LogP contribution in [-0.2, 0) is 28.7 Å². The van der Waals surface area contributed by atoms with Gasteiger partial charge in [-0.15, -0.1) is 0 Å². The fourth-order valence-corrected chi connectivity index (χ4v) is 3.83. The van der Waals surface area contributed by atoms with Crippen LogP contribution in [0, 0.1) is 5.92 Å². The molecule has 1 aliphatic rings. The molecule has 1 fully saturated rings. The summed E-state index contributed by atoms with van der Waals surface area (Å²) in [5.74, 6) is -3.00. The zero-order valence-corrected chi connectivity index (χ0v) is 22.7. The van der Waals surface area contributed by atoms with Gasteiger partial charge in [0.2, 0.25) is 17.7 Å². The van der Waals surface area contributed by atoms with E-state index < -0.39 is 60.2 Å². The van der Waals surface area contributed by atoms with Crippen LogP contribution in [0.25, 0.3) is 6.08 Å². The van der Waals surface area contributed by atoms with Gasteiger partial charge < -0.3 is 25.2 Å². The molecule has 0 bridgehead atoms. The summed E-state index contributed by atoms with van der Waals surface area (Å²) >= 11 is 0. The zero-order valence-electron chi connectivity index (χ0n) is 22.7. The van der Waals surface area contributed by atoms with Crippen LogP contribution in [0.2, 0.25) is 0 Å². The third kappa shape index (κ3) is 8.73. The largest absolute Gasteiger partial charge is 0.460 e. The Labute approximate surface area is 218 Å². The third-order valence-corrected chi connectivity index (χ3v) is 5.69. The molecule has 0 aromatic heterocycles. The molecule has 1 aliphatic heterocycles. The van der Waals surface area contributed by atoms with Crippen LogP contribution in [0.1, 0.15) is 53.0 Å². The Morgan fingerprint density at radius 1 is 1.11 bits per heavy atom. The lowest BCUT2D eigenvalue weighted by atomic mass is 10.0. The lowest BCUT2D eigenvalue weighted by molar-refractivity contribution is -0.158. The zero-order chi connectivity index (χ0) is 27.9. The number of nitrogens with one attached hydrogen (secondary N) is 2. The molecule has 4 amide bonds. The molecular weight excluding hydrogens is 476 g/mol. The van der Waals surface area contributed by atoms with E-state index in [2.05, 4.69) is 10.6 Å². The smallest absolute Gasteiger partial charge is 0.308 e. The summed E-state index contributed by atoms with van der Waals surface area (Å²) in [6.07, 6.45) is 1.43. The number of carbonyl (C=O) groups is 5. The van der Waals surface area contributed by atoms with Crippen LogP contribution in [0.4, 0.5) is 0 Å². The minimum atomic E-state index is -1.23. The molecule has 1 heterocycles. The number of nitrogens with zero attached hydrogens (tertiary/aromatic N) is 2. The van der Waals surface area contributed by atoms with E-state index in [1.54, 1.807) is 51.1 Å². The highest BCUT2D eigenvalue weighted by Crippen LogP contribution is 2.17. The average Bonchev–Trinajstić information content (AvgIpc) is 2.81. The minimum Gasteiger partial charge on any atom is -0.460 e. The Bertz CT molecular complexity index is 1040. The standard InChI is InChI=1S/C27H38N4O6/c1-17(2)13-19-26(36)31(7)20(14-18-11-9-8-10-12-18)24(34)28-16-22(32)30(6)21(25(35)29-19)15-23(33)37-27(3,4)5/h8-12,14,17,19,21H,13,15-16H2,1-7H3,(H,28,34)(H,29,35)/b20-14-/t19-,21-/m0/s1. The number of carbonyl (C=O) groups excluding carboxylic acids is 5. The SMILES string of the molecule is CC(C)C[C@@H]1NC(=O)[C@H](CC(=O)OC(C)(C)C)N(C)C(=O)CNC(=O)/C(=C/c2ccccc2)N(C)C1=O. The Hall–Kier alpha value is -3.69. The molecule has 202 valence electrons. The topological polar surface area (TPSA) is 125 Å². The Kier molecular flexibility index (Phi) is 9.99. The molecule has 37 heavy (non-hydrogen) atoms. The maximum Gasteiger partial charge on any atom is 0.308 e. The van der Waals surface area contributed by atoms with E-state index in [-0.39, 0.29) is 18.0 Å². The molecule has 0 unspecified atom stereocenters. The second kappa shape index (κ2) is 12.5. The van der Waals surface area contributed by atoms with E-state index in [1.807, 2.05) is 19.9 Å². The second-order valence-electron chi connectivity index (χ2n) is 10.5. The molecular formula is C27H38N4O6. The van der Waals surface area contributed by atoms with Crippen molar-refractivity contribution in [2.75, 3.05) is 20.6 Å². The molecule has 2 atom stereocenters. The van der Waals surface area contributed by atoms with Gasteiger partial charge in [0.15, 0.2) is 0 Å². The minimum absolute atomic E-state index is 0.0228. The van der Waals surface area contributed by atoms with Crippen molar-refractivity contribution in [2.24, 2.45) is 5.92 Å². The number of esters is 1. The summed E-state index contributed by atoms with van der Waals surface area (Å²) < 4.78 is 5.35. The monoisotopic (exact) mass is 514 g/mol. The van der Waals surface area contributed by atoms with Gasteiger partial charge >= 0.3 is 5.97 Å². The van der Waals surface area contributed by atoms with E-state index >= 15 is 0 Å². The molecule has 2 N–H and O–H groups in total. The number of rotatable bonds is 5. The Balaban J connectivity index is 2.49. The van der Waals surface area contributed by atoms with Crippen LogP contribution in [-0.4, -0.2) is 77.7 Å². The van der Waals surface area contributed by atoms with E-state index in [9.17, 15) is 24.0 Å². The van der Waals surface area contributed by atoms with Crippen molar-refractivity contribution < 1.29 is 28.7 Å². The first-order chi connectivity index (χ1) is 17.2. The Morgan fingerprint density at radius 3 is 2.30 bits per heavy atom. The fourth-order valence-electron chi connectivity index (χ4n) is 3.83. The van der Waals surface area contributed by atoms with Crippen molar-refractivity contribution in [1.82, 2.24) is 20.4 Å². The Morgan fingerprint density at radius 2 is 1.73 bits per heavy atom. The van der Waals surface area contributed by atoms with Crippen molar-refractivity contribution in [1.29, 1.82) is 0 Å². The van der Waals surface area contributed by atoms with Gasteiger partial charge in [0, 0.05) is 14.1 Å². The highest BCUT2D eigenvalue weighted by atomic mass is 16.6. The van der Waals surface area contributed by atoms with Crippen molar-refractivity contribution >= 4 is 35.7 Å². The van der Waals surface area contributed by atoms with Gasteiger partial charge in [0.1, 0.15) is 23.4 Å². The summed E-state index contributed by atoms with van der Waals surface area (Å²) in [5.41, 5.74) is -0.0687. The highest BCUT2D eigenvalue weighted by Gasteiger charge is 2.36. The van der Waals surface area contributed by atoms with E-state index in [0.29, 0.717) is 5.56 Å². The van der Waals surface area contributed by atoms with Gasteiger partial charge in [0.25, 0.3) is 5.91 Å². The number of amides is 4. The van der Waals surface area contributed by atoms with Crippen LogP contribution in [0.15, 0.2) is 36.0 Å². The predicted molar refractivity (Wildman–Crippen MR) is 139 cm³/mol. The van der Waals surface area contributed by atoms with Crippen molar-refractivity contribution in [3.8, 4) is 0 Å². The molecule has 0 saturated carbocycles. The quantitative estimate of drug-likeness (QED) is 0.455. The lowest BCUT2D eigenvalue weighted by Crippen LogP contribution is -2.57. The molecule has 1 aromatic carbocycles. The predicted octanol–water partition coefficient (Wildman–Crippen LogP) is 1.71. The fraction of sp³-hybridized carbons (Fsp3) is 0.519. The average molecular weight is 515 g/mol. The van der Waals surface area contributed by atoms with Crippen molar-refractivity contribution in [2.45, 2.75) is 65.1 Å². The van der Waals surface area contributed by atoms with Crippen LogP contribution in [0.3, 0.4) is 0 Å². The maximum atomic E-state index is 13.6. The third-order valence-electron chi connectivity index (χ3n) is 5.69. The van der Waals surface area contributed by atoms with Gasteiger partial charge in [-0.2, -0.15) is 0 Å². The summed E-state index contributed by atoms with van der Waals surface area (Å²) in [6.45, 7) is 8.46. The number of benzene rings is 1. The highest BCUT2D eigenvalue weighted by molar-refractivity contribution is 6.04. The summed E-state index contributed by atoms with van der Waals surface area (Å²) in [5, 5.41) is 5.27. The lowest BCUT2D eigenvalue weighted by Gasteiger charge is -2.32. The molecule has 0 spiro atoms. The first-order valence-electron chi connectivity index (χ1n) is 12.3. The number of ether oxygens (including phenoxy) is 1. The molecule has 2 rings (SSSR count). The van der Waals surface area contributed by atoms with Crippen LogP contribution >= 0.6 is 0 Å². The van der Waals surface area contributed by atoms with E-state index in [4.69, 9.17) is 4.74 Å².